The highest BCUT2D eigenvalue weighted by Gasteiger charge is 2.03. The number of nitrogens with zero attached hydrogens (tertiary/aromatic N) is 3. The van der Waals surface area contributed by atoms with E-state index in [1.54, 1.807) is 4.57 Å². The van der Waals surface area contributed by atoms with Crippen LogP contribution in [0.1, 0.15) is 0 Å². The number of rotatable bonds is 3. The van der Waals surface area contributed by atoms with Crippen molar-refractivity contribution in [1.29, 1.82) is 0 Å². The van der Waals surface area contributed by atoms with Crippen molar-refractivity contribution in [3.8, 4) is 0 Å². The van der Waals surface area contributed by atoms with Crippen molar-refractivity contribution < 1.29 is 0 Å². The Labute approximate surface area is 94.1 Å². The second kappa shape index (κ2) is 4.45. The maximum atomic E-state index is 11.7. The highest BCUT2D eigenvalue weighted by atomic mass is 16.1. The van der Waals surface area contributed by atoms with Gasteiger partial charge in [-0.15, -0.1) is 0 Å². The first-order valence-electron chi connectivity index (χ1n) is 5.28. The van der Waals surface area contributed by atoms with Crippen molar-refractivity contribution >= 4 is 11.0 Å². The van der Waals surface area contributed by atoms with E-state index >= 15 is 0 Å². The summed E-state index contributed by atoms with van der Waals surface area (Å²) in [7, 11) is 3.99. The molecule has 0 saturated carbocycles. The van der Waals surface area contributed by atoms with Crippen molar-refractivity contribution in [3.05, 3.63) is 40.8 Å². The zero-order chi connectivity index (χ0) is 11.5. The molecule has 2 rings (SSSR count). The van der Waals surface area contributed by atoms with Crippen molar-refractivity contribution in [2.75, 3.05) is 20.6 Å². The first kappa shape index (κ1) is 10.8. The molecule has 1 heterocycles. The van der Waals surface area contributed by atoms with Crippen LogP contribution in [-0.2, 0) is 6.54 Å². The normalized spacial score (nSPS) is 11.2. The molecular formula is C12H15N3O. The Morgan fingerprint density at radius 1 is 1.31 bits per heavy atom. The summed E-state index contributed by atoms with van der Waals surface area (Å²) in [6.07, 6.45) is 1.39. The summed E-state index contributed by atoms with van der Waals surface area (Å²) < 4.78 is 1.77. The molecule has 0 radical (unpaired) electrons. The summed E-state index contributed by atoms with van der Waals surface area (Å²) in [6.45, 7) is 1.53. The lowest BCUT2D eigenvalue weighted by molar-refractivity contribution is 0.384. The van der Waals surface area contributed by atoms with E-state index in [0.29, 0.717) is 6.54 Å². The molecule has 0 bridgehead atoms. The third-order valence-corrected chi connectivity index (χ3v) is 2.52. The Balaban J connectivity index is 2.49. The number of aromatic nitrogens is 2. The molecule has 84 valence electrons. The zero-order valence-corrected chi connectivity index (χ0v) is 9.55. The fourth-order valence-electron chi connectivity index (χ4n) is 1.65. The molecule has 1 aromatic heterocycles. The van der Waals surface area contributed by atoms with Gasteiger partial charge in [-0.2, -0.15) is 0 Å². The SMILES string of the molecule is CN(C)CCn1c(=O)cnc2ccccc21. The Morgan fingerprint density at radius 2 is 2.06 bits per heavy atom. The third kappa shape index (κ3) is 2.12. The van der Waals surface area contributed by atoms with E-state index in [0.717, 1.165) is 17.6 Å². The number of hydrogen-bond acceptors (Lipinski definition) is 3. The van der Waals surface area contributed by atoms with E-state index < -0.39 is 0 Å². The molecule has 0 atom stereocenters. The topological polar surface area (TPSA) is 38.1 Å². The van der Waals surface area contributed by atoms with Crippen molar-refractivity contribution in [2.45, 2.75) is 6.54 Å². The van der Waals surface area contributed by atoms with Crippen molar-refractivity contribution in [3.63, 3.8) is 0 Å². The van der Waals surface area contributed by atoms with Crippen LogP contribution < -0.4 is 5.56 Å². The average Bonchev–Trinajstić information content (AvgIpc) is 2.27. The van der Waals surface area contributed by atoms with Gasteiger partial charge in [0.25, 0.3) is 5.56 Å². The van der Waals surface area contributed by atoms with Gasteiger partial charge in [0.1, 0.15) is 0 Å². The maximum Gasteiger partial charge on any atom is 0.269 e. The smallest absolute Gasteiger partial charge is 0.269 e. The van der Waals surface area contributed by atoms with Crippen LogP contribution in [0.15, 0.2) is 35.3 Å². The van der Waals surface area contributed by atoms with Gasteiger partial charge in [-0.25, -0.2) is 4.98 Å². The predicted octanol–water partition coefficient (Wildman–Crippen LogP) is 0.958. The standard InChI is InChI=1S/C12H15N3O/c1-14(2)7-8-15-11-6-4-3-5-10(11)13-9-12(15)16/h3-6,9H,7-8H2,1-2H3. The summed E-state index contributed by atoms with van der Waals surface area (Å²) in [5.74, 6) is 0. The van der Waals surface area contributed by atoms with Gasteiger partial charge in [-0.3, -0.25) is 4.79 Å². The molecule has 0 fully saturated rings. The fraction of sp³-hybridized carbons (Fsp3) is 0.333. The van der Waals surface area contributed by atoms with Crippen LogP contribution in [0.2, 0.25) is 0 Å². The Bertz CT molecular complexity index is 545. The number of benzene rings is 1. The zero-order valence-electron chi connectivity index (χ0n) is 9.55. The summed E-state index contributed by atoms with van der Waals surface area (Å²) in [5.41, 5.74) is 1.72. The van der Waals surface area contributed by atoms with E-state index in [1.165, 1.54) is 6.20 Å². The van der Waals surface area contributed by atoms with E-state index in [2.05, 4.69) is 9.88 Å². The van der Waals surface area contributed by atoms with Gasteiger partial charge in [0, 0.05) is 13.1 Å². The largest absolute Gasteiger partial charge is 0.308 e. The molecule has 0 aliphatic rings. The van der Waals surface area contributed by atoms with Gasteiger partial charge in [0.2, 0.25) is 0 Å². The minimum Gasteiger partial charge on any atom is -0.308 e. The van der Waals surface area contributed by atoms with Gasteiger partial charge in [0.15, 0.2) is 0 Å². The van der Waals surface area contributed by atoms with Crippen LogP contribution in [-0.4, -0.2) is 35.1 Å². The molecule has 16 heavy (non-hydrogen) atoms. The number of hydrogen-bond donors (Lipinski definition) is 0. The molecule has 2 aromatic rings. The second-order valence-electron chi connectivity index (χ2n) is 4.04. The quantitative estimate of drug-likeness (QED) is 0.768. The number of likely N-dealkylation sites (N-methyl/N-ethyl adjacent to an activating group) is 1. The fourth-order valence-corrected chi connectivity index (χ4v) is 1.65. The van der Waals surface area contributed by atoms with Gasteiger partial charge < -0.3 is 9.47 Å². The Hall–Kier alpha value is -1.68. The van der Waals surface area contributed by atoms with E-state index in [1.807, 2.05) is 38.4 Å². The number of fused-ring (bicyclic) bond motifs is 1. The average molecular weight is 217 g/mol. The summed E-state index contributed by atoms with van der Waals surface area (Å²) in [5, 5.41) is 0. The Kier molecular flexibility index (Phi) is 3.01. The summed E-state index contributed by atoms with van der Waals surface area (Å²) in [4.78, 5) is 17.9. The van der Waals surface area contributed by atoms with Gasteiger partial charge in [-0.05, 0) is 26.2 Å². The molecule has 0 unspecified atom stereocenters. The highest BCUT2D eigenvalue weighted by molar-refractivity contribution is 5.74. The molecule has 4 heteroatoms. The van der Waals surface area contributed by atoms with Crippen LogP contribution in [0.5, 0.6) is 0 Å². The molecule has 0 amide bonds. The van der Waals surface area contributed by atoms with E-state index in [9.17, 15) is 4.79 Å². The van der Waals surface area contributed by atoms with Gasteiger partial charge in [0.05, 0.1) is 17.2 Å². The minimum absolute atomic E-state index is 0.0412. The maximum absolute atomic E-state index is 11.7. The van der Waals surface area contributed by atoms with Crippen LogP contribution >= 0.6 is 0 Å². The Morgan fingerprint density at radius 3 is 2.81 bits per heavy atom. The van der Waals surface area contributed by atoms with Crippen LogP contribution in [0.3, 0.4) is 0 Å². The molecule has 0 aliphatic heterocycles. The molecule has 0 N–H and O–H groups in total. The molecule has 4 nitrogen and oxygen atoms in total. The molecule has 1 aromatic carbocycles. The van der Waals surface area contributed by atoms with E-state index in [-0.39, 0.29) is 5.56 Å². The van der Waals surface area contributed by atoms with E-state index in [4.69, 9.17) is 0 Å². The van der Waals surface area contributed by atoms with Crippen LogP contribution in [0.25, 0.3) is 11.0 Å². The molecule has 0 spiro atoms. The van der Waals surface area contributed by atoms with Gasteiger partial charge >= 0.3 is 0 Å². The van der Waals surface area contributed by atoms with Gasteiger partial charge in [-0.1, -0.05) is 12.1 Å². The first-order valence-corrected chi connectivity index (χ1v) is 5.28. The third-order valence-electron chi connectivity index (χ3n) is 2.52. The highest BCUT2D eigenvalue weighted by Crippen LogP contribution is 2.07. The summed E-state index contributed by atoms with van der Waals surface area (Å²) >= 11 is 0. The molecular weight excluding hydrogens is 202 g/mol. The van der Waals surface area contributed by atoms with Crippen molar-refractivity contribution in [2.24, 2.45) is 0 Å². The van der Waals surface area contributed by atoms with Crippen LogP contribution in [0, 0.1) is 0 Å². The summed E-state index contributed by atoms with van der Waals surface area (Å²) in [6, 6.07) is 7.70. The lowest BCUT2D eigenvalue weighted by Crippen LogP contribution is -2.26. The molecule has 0 aliphatic carbocycles. The van der Waals surface area contributed by atoms with Crippen molar-refractivity contribution in [1.82, 2.24) is 14.5 Å². The first-order chi connectivity index (χ1) is 7.68. The number of para-hydroxylation sites is 2. The lowest BCUT2D eigenvalue weighted by atomic mass is 10.3. The minimum atomic E-state index is -0.0412. The predicted molar refractivity (Wildman–Crippen MR) is 64.6 cm³/mol. The lowest BCUT2D eigenvalue weighted by Gasteiger charge is -2.12. The molecule has 0 saturated heterocycles. The monoisotopic (exact) mass is 217 g/mol. The van der Waals surface area contributed by atoms with Crippen LogP contribution in [0.4, 0.5) is 0 Å². The second-order valence-corrected chi connectivity index (χ2v) is 4.04.